The maximum Gasteiger partial charge on any atom is 0.164 e. The van der Waals surface area contributed by atoms with E-state index in [9.17, 15) is 4.79 Å². The summed E-state index contributed by atoms with van der Waals surface area (Å²) >= 11 is 6.22. The number of hydrogen-bond donors (Lipinski definition) is 0. The van der Waals surface area contributed by atoms with E-state index >= 15 is 0 Å². The topological polar surface area (TPSA) is 17.1 Å². The highest BCUT2D eigenvalue weighted by Gasteiger charge is 2.17. The monoisotopic (exact) mass is 250 g/mol. The van der Waals surface area contributed by atoms with E-state index in [0.717, 1.165) is 18.4 Å². The molecule has 92 valence electrons. The molecular weight excluding hydrogens is 232 g/mol. The van der Waals surface area contributed by atoms with Crippen LogP contribution >= 0.6 is 11.6 Å². The number of Topliss-reactive ketones (excluding diaryl/α,β-unsaturated/α-hetero) is 1. The SMILES string of the molecule is CC(C)CC(=O)c1cc2c(cc1Cl)CCCC2. The van der Waals surface area contributed by atoms with Gasteiger partial charge in [-0.15, -0.1) is 0 Å². The summed E-state index contributed by atoms with van der Waals surface area (Å²) in [6, 6.07) is 4.03. The third-order valence-electron chi connectivity index (χ3n) is 3.33. The summed E-state index contributed by atoms with van der Waals surface area (Å²) in [5.41, 5.74) is 3.39. The number of carbonyl (C=O) groups excluding carboxylic acids is 1. The first-order valence-corrected chi connectivity index (χ1v) is 6.80. The Labute approximate surface area is 108 Å². The van der Waals surface area contributed by atoms with Crippen molar-refractivity contribution in [2.24, 2.45) is 5.92 Å². The van der Waals surface area contributed by atoms with Crippen LogP contribution in [0.3, 0.4) is 0 Å². The van der Waals surface area contributed by atoms with Gasteiger partial charge < -0.3 is 0 Å². The molecule has 0 N–H and O–H groups in total. The second-order valence-electron chi connectivity index (χ2n) is 5.33. The van der Waals surface area contributed by atoms with E-state index < -0.39 is 0 Å². The Kier molecular flexibility index (Phi) is 3.88. The van der Waals surface area contributed by atoms with E-state index in [2.05, 4.69) is 13.8 Å². The molecule has 17 heavy (non-hydrogen) atoms. The predicted octanol–water partition coefficient (Wildman–Crippen LogP) is 4.45. The van der Waals surface area contributed by atoms with Crippen molar-refractivity contribution in [3.8, 4) is 0 Å². The maximum absolute atomic E-state index is 12.1. The number of benzene rings is 1. The van der Waals surface area contributed by atoms with Gasteiger partial charge in [-0.1, -0.05) is 25.4 Å². The zero-order valence-electron chi connectivity index (χ0n) is 10.6. The average Bonchev–Trinajstić information content (AvgIpc) is 2.27. The highest BCUT2D eigenvalue weighted by atomic mass is 35.5. The Morgan fingerprint density at radius 2 is 1.82 bits per heavy atom. The first-order valence-electron chi connectivity index (χ1n) is 6.42. The Morgan fingerprint density at radius 1 is 1.24 bits per heavy atom. The van der Waals surface area contributed by atoms with E-state index in [-0.39, 0.29) is 5.78 Å². The zero-order chi connectivity index (χ0) is 12.4. The van der Waals surface area contributed by atoms with Crippen LogP contribution in [0.15, 0.2) is 12.1 Å². The summed E-state index contributed by atoms with van der Waals surface area (Å²) in [5, 5.41) is 0.635. The molecule has 2 heteroatoms. The third kappa shape index (κ3) is 2.90. The van der Waals surface area contributed by atoms with Crippen molar-refractivity contribution in [1.29, 1.82) is 0 Å². The van der Waals surface area contributed by atoms with Gasteiger partial charge in [-0.25, -0.2) is 0 Å². The number of ketones is 1. The van der Waals surface area contributed by atoms with Crippen molar-refractivity contribution >= 4 is 17.4 Å². The molecule has 0 saturated carbocycles. The van der Waals surface area contributed by atoms with Crippen molar-refractivity contribution in [2.75, 3.05) is 0 Å². The smallest absolute Gasteiger partial charge is 0.164 e. The molecule has 0 saturated heterocycles. The van der Waals surface area contributed by atoms with Crippen LogP contribution in [0.4, 0.5) is 0 Å². The van der Waals surface area contributed by atoms with Gasteiger partial charge in [-0.2, -0.15) is 0 Å². The molecule has 1 aromatic carbocycles. The van der Waals surface area contributed by atoms with Gasteiger partial charge in [0, 0.05) is 12.0 Å². The van der Waals surface area contributed by atoms with Gasteiger partial charge in [0.2, 0.25) is 0 Å². The van der Waals surface area contributed by atoms with Gasteiger partial charge in [0.15, 0.2) is 5.78 Å². The van der Waals surface area contributed by atoms with Crippen LogP contribution in [0.1, 0.15) is 54.6 Å². The lowest BCUT2D eigenvalue weighted by molar-refractivity contribution is 0.0968. The van der Waals surface area contributed by atoms with Gasteiger partial charge in [0.1, 0.15) is 0 Å². The molecule has 0 atom stereocenters. The Bertz CT molecular complexity index is 435. The van der Waals surface area contributed by atoms with E-state index in [1.54, 1.807) is 0 Å². The second kappa shape index (κ2) is 5.22. The summed E-state index contributed by atoms with van der Waals surface area (Å²) in [4.78, 5) is 12.1. The van der Waals surface area contributed by atoms with E-state index in [1.807, 2.05) is 12.1 Å². The summed E-state index contributed by atoms with van der Waals surface area (Å²) in [6.07, 6.45) is 5.25. The van der Waals surface area contributed by atoms with Gasteiger partial charge in [0.25, 0.3) is 0 Å². The molecule has 1 aliphatic carbocycles. The lowest BCUT2D eigenvalue weighted by atomic mass is 9.89. The molecular formula is C15H19ClO. The van der Waals surface area contributed by atoms with E-state index in [1.165, 1.54) is 24.0 Å². The summed E-state index contributed by atoms with van der Waals surface area (Å²) in [6.45, 7) is 4.12. The van der Waals surface area contributed by atoms with Crippen molar-refractivity contribution < 1.29 is 4.79 Å². The second-order valence-corrected chi connectivity index (χ2v) is 5.74. The Balaban J connectivity index is 2.31. The van der Waals surface area contributed by atoms with E-state index in [0.29, 0.717) is 17.4 Å². The van der Waals surface area contributed by atoms with E-state index in [4.69, 9.17) is 11.6 Å². The van der Waals surface area contributed by atoms with Gasteiger partial charge in [0.05, 0.1) is 5.02 Å². The molecule has 1 nitrogen and oxygen atoms in total. The minimum absolute atomic E-state index is 0.179. The van der Waals surface area contributed by atoms with Gasteiger partial charge >= 0.3 is 0 Å². The summed E-state index contributed by atoms with van der Waals surface area (Å²) in [7, 11) is 0. The number of rotatable bonds is 3. The maximum atomic E-state index is 12.1. The molecule has 0 radical (unpaired) electrons. The Morgan fingerprint density at radius 3 is 2.41 bits per heavy atom. The van der Waals surface area contributed by atoms with Crippen LogP contribution in [-0.4, -0.2) is 5.78 Å². The first-order chi connectivity index (χ1) is 8.08. The van der Waals surface area contributed by atoms with Crippen LogP contribution in [-0.2, 0) is 12.8 Å². The molecule has 0 unspecified atom stereocenters. The lowest BCUT2D eigenvalue weighted by Crippen LogP contribution is -2.09. The standard InChI is InChI=1S/C15H19ClO/c1-10(2)7-15(17)13-8-11-5-3-4-6-12(11)9-14(13)16/h8-10H,3-7H2,1-2H3. The largest absolute Gasteiger partial charge is 0.294 e. The number of carbonyl (C=O) groups is 1. The van der Waals surface area contributed by atoms with Crippen molar-refractivity contribution in [1.82, 2.24) is 0 Å². The zero-order valence-corrected chi connectivity index (χ0v) is 11.3. The third-order valence-corrected chi connectivity index (χ3v) is 3.64. The van der Waals surface area contributed by atoms with Crippen LogP contribution in [0.2, 0.25) is 5.02 Å². The van der Waals surface area contributed by atoms with Crippen LogP contribution in [0.25, 0.3) is 0 Å². The molecule has 0 amide bonds. The van der Waals surface area contributed by atoms with Crippen LogP contribution < -0.4 is 0 Å². The predicted molar refractivity (Wildman–Crippen MR) is 71.9 cm³/mol. The fourth-order valence-corrected chi connectivity index (χ4v) is 2.74. The number of hydrogen-bond acceptors (Lipinski definition) is 1. The summed E-state index contributed by atoms with van der Waals surface area (Å²) in [5.74, 6) is 0.563. The first kappa shape index (κ1) is 12.6. The molecule has 0 aromatic heterocycles. The van der Waals surface area contributed by atoms with Crippen LogP contribution in [0, 0.1) is 5.92 Å². The average molecular weight is 251 g/mol. The fourth-order valence-electron chi connectivity index (χ4n) is 2.45. The Hall–Kier alpha value is -0.820. The highest BCUT2D eigenvalue weighted by Crippen LogP contribution is 2.28. The molecule has 0 bridgehead atoms. The molecule has 1 aliphatic rings. The minimum Gasteiger partial charge on any atom is -0.294 e. The molecule has 0 fully saturated rings. The number of fused-ring (bicyclic) bond motifs is 1. The molecule has 2 rings (SSSR count). The quantitative estimate of drug-likeness (QED) is 0.725. The normalized spacial score (nSPS) is 14.8. The number of halogens is 1. The van der Waals surface area contributed by atoms with Gasteiger partial charge in [-0.3, -0.25) is 4.79 Å². The fraction of sp³-hybridized carbons (Fsp3) is 0.533. The number of aryl methyl sites for hydroxylation is 2. The molecule has 0 aliphatic heterocycles. The van der Waals surface area contributed by atoms with Gasteiger partial charge in [-0.05, 0) is 54.9 Å². The summed E-state index contributed by atoms with van der Waals surface area (Å²) < 4.78 is 0. The van der Waals surface area contributed by atoms with Crippen molar-refractivity contribution in [2.45, 2.75) is 46.0 Å². The highest BCUT2D eigenvalue weighted by molar-refractivity contribution is 6.34. The molecule has 0 spiro atoms. The van der Waals surface area contributed by atoms with Crippen molar-refractivity contribution in [3.63, 3.8) is 0 Å². The minimum atomic E-state index is 0.179. The lowest BCUT2D eigenvalue weighted by Gasteiger charge is -2.17. The molecule has 0 heterocycles. The van der Waals surface area contributed by atoms with Crippen LogP contribution in [0.5, 0.6) is 0 Å². The molecule has 1 aromatic rings. The van der Waals surface area contributed by atoms with Crippen molar-refractivity contribution in [3.05, 3.63) is 33.8 Å².